The Morgan fingerprint density at radius 2 is 1.35 bits per heavy atom. The molecular weight excluding hydrogens is 333 g/mol. The summed E-state index contributed by atoms with van der Waals surface area (Å²) in [5.74, 6) is 1.53. The SMILES string of the molecule is CCCCCCC(CCCC1CCC(C2CCCCC2)CC1)C(F)(F)F. The second-order valence-electron chi connectivity index (χ2n) is 9.20. The Balaban J connectivity index is 1.62. The van der Waals surface area contributed by atoms with Gasteiger partial charge in [0.2, 0.25) is 0 Å². The van der Waals surface area contributed by atoms with Crippen LogP contribution >= 0.6 is 0 Å². The molecule has 2 aliphatic rings. The number of halogens is 3. The molecule has 0 aromatic rings. The predicted molar refractivity (Wildman–Crippen MR) is 104 cm³/mol. The van der Waals surface area contributed by atoms with Gasteiger partial charge in [-0.1, -0.05) is 90.4 Å². The third-order valence-electron chi connectivity index (χ3n) is 7.24. The van der Waals surface area contributed by atoms with E-state index in [1.807, 2.05) is 0 Å². The van der Waals surface area contributed by atoms with Crippen molar-refractivity contribution in [3.8, 4) is 0 Å². The molecule has 0 heterocycles. The molecule has 1 unspecified atom stereocenters. The molecule has 0 bridgehead atoms. The third kappa shape index (κ3) is 7.80. The molecule has 0 radical (unpaired) electrons. The van der Waals surface area contributed by atoms with E-state index in [4.69, 9.17) is 0 Å². The second kappa shape index (κ2) is 11.6. The number of hydrogen-bond acceptors (Lipinski definition) is 0. The van der Waals surface area contributed by atoms with Gasteiger partial charge in [-0.2, -0.15) is 13.2 Å². The maximum Gasteiger partial charge on any atom is 0.391 e. The average molecular weight is 375 g/mol. The average Bonchev–Trinajstić information content (AvgIpc) is 2.64. The summed E-state index contributed by atoms with van der Waals surface area (Å²) in [6.07, 6.45) is 14.7. The summed E-state index contributed by atoms with van der Waals surface area (Å²) in [7, 11) is 0. The van der Waals surface area contributed by atoms with Gasteiger partial charge in [-0.25, -0.2) is 0 Å². The van der Waals surface area contributed by atoms with Crippen molar-refractivity contribution >= 4 is 0 Å². The lowest BCUT2D eigenvalue weighted by Gasteiger charge is -2.36. The Kier molecular flexibility index (Phi) is 9.85. The molecule has 2 saturated carbocycles. The van der Waals surface area contributed by atoms with Crippen LogP contribution in [0.1, 0.15) is 116 Å². The summed E-state index contributed by atoms with van der Waals surface area (Å²) in [6, 6.07) is 0. The van der Waals surface area contributed by atoms with Crippen LogP contribution in [0, 0.1) is 23.7 Å². The van der Waals surface area contributed by atoms with Crippen LogP contribution in [0.2, 0.25) is 0 Å². The van der Waals surface area contributed by atoms with Crippen molar-refractivity contribution in [2.45, 2.75) is 122 Å². The minimum absolute atomic E-state index is 0.345. The molecule has 0 aliphatic heterocycles. The van der Waals surface area contributed by atoms with Crippen LogP contribution in [0.25, 0.3) is 0 Å². The molecule has 154 valence electrons. The molecule has 0 amide bonds. The van der Waals surface area contributed by atoms with E-state index in [1.54, 1.807) is 0 Å². The highest BCUT2D eigenvalue weighted by Crippen LogP contribution is 2.42. The van der Waals surface area contributed by atoms with Gasteiger partial charge in [0.1, 0.15) is 0 Å². The molecule has 0 nitrogen and oxygen atoms in total. The molecule has 1 atom stereocenters. The molecule has 2 aliphatic carbocycles. The molecule has 2 fully saturated rings. The first-order valence-corrected chi connectivity index (χ1v) is 11.6. The summed E-state index contributed by atoms with van der Waals surface area (Å²) >= 11 is 0. The Morgan fingerprint density at radius 3 is 1.96 bits per heavy atom. The number of rotatable bonds is 10. The van der Waals surface area contributed by atoms with Gasteiger partial charge >= 0.3 is 6.18 Å². The standard InChI is InChI=1S/C23H41F3/c1-2-3-4-8-13-22(23(24,25)26)14-9-10-19-15-17-21(18-16-19)20-11-6-5-7-12-20/h19-22H,2-18H2,1H3. The lowest BCUT2D eigenvalue weighted by Crippen LogP contribution is -2.25. The van der Waals surface area contributed by atoms with Gasteiger partial charge < -0.3 is 0 Å². The zero-order valence-electron chi connectivity index (χ0n) is 17.0. The van der Waals surface area contributed by atoms with Gasteiger partial charge in [-0.3, -0.25) is 0 Å². The first-order chi connectivity index (χ1) is 12.5. The molecule has 0 spiro atoms. The van der Waals surface area contributed by atoms with Gasteiger partial charge in [0.05, 0.1) is 5.92 Å². The van der Waals surface area contributed by atoms with Crippen molar-refractivity contribution in [2.24, 2.45) is 23.7 Å². The minimum atomic E-state index is -4.00. The Bertz CT molecular complexity index is 349. The molecule has 0 aromatic carbocycles. The normalized spacial score (nSPS) is 26.8. The van der Waals surface area contributed by atoms with Crippen LogP contribution < -0.4 is 0 Å². The molecule has 26 heavy (non-hydrogen) atoms. The number of unbranched alkanes of at least 4 members (excludes halogenated alkanes) is 3. The maximum absolute atomic E-state index is 13.3. The largest absolute Gasteiger partial charge is 0.391 e. The summed E-state index contributed by atoms with van der Waals surface area (Å²) in [4.78, 5) is 0. The van der Waals surface area contributed by atoms with Crippen LogP contribution in [-0.4, -0.2) is 6.18 Å². The molecule has 2 rings (SSSR count). The highest BCUT2D eigenvalue weighted by Gasteiger charge is 2.38. The van der Waals surface area contributed by atoms with E-state index in [0.29, 0.717) is 18.8 Å². The maximum atomic E-state index is 13.3. The smallest absolute Gasteiger partial charge is 0.171 e. The third-order valence-corrected chi connectivity index (χ3v) is 7.24. The van der Waals surface area contributed by atoms with Crippen LogP contribution in [0.3, 0.4) is 0 Å². The second-order valence-corrected chi connectivity index (χ2v) is 9.20. The fourth-order valence-electron chi connectivity index (χ4n) is 5.50. The zero-order chi connectivity index (χ0) is 18.8. The quantitative estimate of drug-likeness (QED) is 0.335. The van der Waals surface area contributed by atoms with E-state index in [0.717, 1.165) is 50.4 Å². The molecule has 0 saturated heterocycles. The molecule has 0 N–H and O–H groups in total. The van der Waals surface area contributed by atoms with Gasteiger partial charge in [-0.15, -0.1) is 0 Å². The molecular formula is C23H41F3. The number of hydrogen-bond donors (Lipinski definition) is 0. The van der Waals surface area contributed by atoms with Gasteiger partial charge in [0.25, 0.3) is 0 Å². The summed E-state index contributed by atoms with van der Waals surface area (Å²) in [5.41, 5.74) is 0. The molecule has 0 aromatic heterocycles. The topological polar surface area (TPSA) is 0 Å². The van der Waals surface area contributed by atoms with Crippen molar-refractivity contribution in [3.63, 3.8) is 0 Å². The summed E-state index contributed by atoms with van der Waals surface area (Å²) in [6.45, 7) is 2.10. The van der Waals surface area contributed by atoms with Crippen LogP contribution in [0.15, 0.2) is 0 Å². The van der Waals surface area contributed by atoms with E-state index in [9.17, 15) is 13.2 Å². The fourth-order valence-corrected chi connectivity index (χ4v) is 5.50. The first kappa shape index (κ1) is 22.1. The van der Waals surface area contributed by atoms with Crippen LogP contribution in [0.4, 0.5) is 13.2 Å². The van der Waals surface area contributed by atoms with E-state index >= 15 is 0 Å². The first-order valence-electron chi connectivity index (χ1n) is 11.6. The van der Waals surface area contributed by atoms with Crippen molar-refractivity contribution < 1.29 is 13.2 Å². The van der Waals surface area contributed by atoms with E-state index < -0.39 is 12.1 Å². The van der Waals surface area contributed by atoms with E-state index in [1.165, 1.54) is 57.8 Å². The summed E-state index contributed by atoms with van der Waals surface area (Å²) in [5, 5.41) is 0. The lowest BCUT2D eigenvalue weighted by atomic mass is 9.70. The lowest BCUT2D eigenvalue weighted by molar-refractivity contribution is -0.178. The van der Waals surface area contributed by atoms with Gasteiger partial charge in [0.15, 0.2) is 0 Å². The van der Waals surface area contributed by atoms with E-state index in [-0.39, 0.29) is 0 Å². The molecule has 3 heteroatoms. The van der Waals surface area contributed by atoms with Crippen LogP contribution in [0.5, 0.6) is 0 Å². The van der Waals surface area contributed by atoms with E-state index in [2.05, 4.69) is 6.92 Å². The van der Waals surface area contributed by atoms with Crippen molar-refractivity contribution in [2.75, 3.05) is 0 Å². The van der Waals surface area contributed by atoms with Gasteiger partial charge in [0, 0.05) is 0 Å². The van der Waals surface area contributed by atoms with Crippen LogP contribution in [-0.2, 0) is 0 Å². The fraction of sp³-hybridized carbons (Fsp3) is 1.00. The van der Waals surface area contributed by atoms with Gasteiger partial charge in [-0.05, 0) is 43.4 Å². The highest BCUT2D eigenvalue weighted by molar-refractivity contribution is 4.80. The monoisotopic (exact) mass is 374 g/mol. The van der Waals surface area contributed by atoms with Crippen molar-refractivity contribution in [3.05, 3.63) is 0 Å². The van der Waals surface area contributed by atoms with Crippen molar-refractivity contribution in [1.82, 2.24) is 0 Å². The Hall–Kier alpha value is -0.210. The number of alkyl halides is 3. The Morgan fingerprint density at radius 1 is 0.731 bits per heavy atom. The van der Waals surface area contributed by atoms with Crippen molar-refractivity contribution in [1.29, 1.82) is 0 Å². The minimum Gasteiger partial charge on any atom is -0.171 e. The zero-order valence-corrected chi connectivity index (χ0v) is 17.0. The summed E-state index contributed by atoms with van der Waals surface area (Å²) < 4.78 is 39.8. The predicted octanol–water partition coefficient (Wildman–Crippen LogP) is 8.69. The highest BCUT2D eigenvalue weighted by atomic mass is 19.4. The Labute approximate surface area is 159 Å².